The van der Waals surface area contributed by atoms with Crippen LogP contribution in [0.2, 0.25) is 0 Å². The molecule has 1 atom stereocenters. The van der Waals surface area contributed by atoms with Crippen LogP contribution in [0.15, 0.2) is 67.0 Å². The standard InChI is InChI=1S/C29H30N4O4/c1-4-33-19(2)23(22-12-13-30-17-25(22)33)16-28(34)31-24(14-20-8-6-5-7-9-20)29(35)32(3)21-10-11-26-27(15-21)37-18-36-26/h5-13,15,17,24H,4,14,16,18H2,1-3H3,(H,31,34)/t24-/m0/s1. The van der Waals surface area contributed by atoms with Crippen LogP contribution in [-0.4, -0.2) is 41.2 Å². The number of carbonyl (C=O) groups is 2. The molecule has 0 spiro atoms. The van der Waals surface area contributed by atoms with Crippen LogP contribution in [-0.2, 0) is 29.0 Å². The van der Waals surface area contributed by atoms with Gasteiger partial charge in [0.05, 0.1) is 18.1 Å². The van der Waals surface area contributed by atoms with Gasteiger partial charge in [0.2, 0.25) is 18.6 Å². The van der Waals surface area contributed by atoms with Crippen molar-refractivity contribution >= 4 is 28.4 Å². The number of hydrogen-bond donors (Lipinski definition) is 1. The molecule has 4 aromatic rings. The summed E-state index contributed by atoms with van der Waals surface area (Å²) < 4.78 is 13.0. The highest BCUT2D eigenvalue weighted by Gasteiger charge is 2.27. The maximum absolute atomic E-state index is 13.7. The van der Waals surface area contributed by atoms with E-state index < -0.39 is 6.04 Å². The van der Waals surface area contributed by atoms with Crippen LogP contribution in [0, 0.1) is 6.92 Å². The number of carbonyl (C=O) groups excluding carboxylic acids is 2. The molecule has 0 aliphatic carbocycles. The quantitative estimate of drug-likeness (QED) is 0.397. The molecule has 0 saturated heterocycles. The van der Waals surface area contributed by atoms with Gasteiger partial charge >= 0.3 is 0 Å². The zero-order chi connectivity index (χ0) is 25.9. The third kappa shape index (κ3) is 4.87. The predicted octanol–water partition coefficient (Wildman–Crippen LogP) is 4.03. The van der Waals surface area contributed by atoms with Crippen LogP contribution < -0.4 is 19.7 Å². The van der Waals surface area contributed by atoms with Crippen LogP contribution in [0.5, 0.6) is 11.5 Å². The van der Waals surface area contributed by atoms with Gasteiger partial charge in [0.1, 0.15) is 6.04 Å². The van der Waals surface area contributed by atoms with E-state index in [-0.39, 0.29) is 25.0 Å². The maximum atomic E-state index is 13.7. The second kappa shape index (κ2) is 10.3. The van der Waals surface area contributed by atoms with E-state index >= 15 is 0 Å². The van der Waals surface area contributed by atoms with Crippen molar-refractivity contribution in [1.82, 2.24) is 14.9 Å². The van der Waals surface area contributed by atoms with Gasteiger partial charge in [-0.1, -0.05) is 30.3 Å². The number of nitrogens with one attached hydrogen (secondary N) is 1. The van der Waals surface area contributed by atoms with Gasteiger partial charge in [-0.25, -0.2) is 0 Å². The number of pyridine rings is 1. The Hall–Kier alpha value is -4.33. The number of benzene rings is 2. The van der Waals surface area contributed by atoms with Crippen molar-refractivity contribution in [2.45, 2.75) is 39.3 Å². The molecule has 1 aliphatic heterocycles. The number of anilines is 1. The first kappa shape index (κ1) is 24.4. The SMILES string of the molecule is CCn1c(C)c(CC(=O)N[C@@H](Cc2ccccc2)C(=O)N(C)c2ccc3c(c2)OCO3)c2ccncc21. The van der Waals surface area contributed by atoms with E-state index in [1.165, 1.54) is 0 Å². The molecule has 0 bridgehead atoms. The summed E-state index contributed by atoms with van der Waals surface area (Å²) in [5, 5.41) is 4.03. The Kier molecular flexibility index (Phi) is 6.81. The molecule has 190 valence electrons. The molecule has 8 nitrogen and oxygen atoms in total. The molecule has 0 saturated carbocycles. The van der Waals surface area contributed by atoms with Gasteiger partial charge < -0.3 is 24.3 Å². The number of amides is 2. The summed E-state index contributed by atoms with van der Waals surface area (Å²) in [6, 6.07) is 16.3. The average Bonchev–Trinajstić information content (AvgIpc) is 3.49. The van der Waals surface area contributed by atoms with Crippen LogP contribution in [0.4, 0.5) is 5.69 Å². The van der Waals surface area contributed by atoms with E-state index in [4.69, 9.17) is 9.47 Å². The second-order valence-electron chi connectivity index (χ2n) is 9.12. The van der Waals surface area contributed by atoms with Crippen molar-refractivity contribution in [3.05, 3.63) is 83.8 Å². The minimum atomic E-state index is -0.744. The number of nitrogens with zero attached hydrogens (tertiary/aromatic N) is 3. The first-order chi connectivity index (χ1) is 18.0. The number of likely N-dealkylation sites (N-methyl/N-ethyl adjacent to an activating group) is 1. The normalized spacial score (nSPS) is 12.9. The minimum absolute atomic E-state index is 0.160. The first-order valence-electron chi connectivity index (χ1n) is 12.4. The molecule has 0 radical (unpaired) electrons. The Bertz CT molecular complexity index is 1450. The topological polar surface area (TPSA) is 85.7 Å². The van der Waals surface area contributed by atoms with Gasteiger partial charge in [0.25, 0.3) is 0 Å². The number of fused-ring (bicyclic) bond motifs is 2. The molecule has 1 N–H and O–H groups in total. The molecule has 37 heavy (non-hydrogen) atoms. The number of rotatable bonds is 8. The van der Waals surface area contributed by atoms with Crippen LogP contribution in [0.1, 0.15) is 23.7 Å². The zero-order valence-corrected chi connectivity index (χ0v) is 21.2. The maximum Gasteiger partial charge on any atom is 0.249 e. The Morgan fingerprint density at radius 1 is 1.11 bits per heavy atom. The minimum Gasteiger partial charge on any atom is -0.454 e. The molecular weight excluding hydrogens is 468 g/mol. The van der Waals surface area contributed by atoms with Crippen LogP contribution in [0.3, 0.4) is 0 Å². The average molecular weight is 499 g/mol. The van der Waals surface area contributed by atoms with E-state index in [0.717, 1.165) is 34.3 Å². The summed E-state index contributed by atoms with van der Waals surface area (Å²) in [6.45, 7) is 5.04. The number of aromatic nitrogens is 2. The fourth-order valence-corrected chi connectivity index (χ4v) is 4.94. The second-order valence-corrected chi connectivity index (χ2v) is 9.12. The van der Waals surface area contributed by atoms with E-state index in [9.17, 15) is 9.59 Å². The summed E-state index contributed by atoms with van der Waals surface area (Å²) in [5.74, 6) is 0.824. The third-order valence-electron chi connectivity index (χ3n) is 6.90. The first-order valence-corrected chi connectivity index (χ1v) is 12.4. The smallest absolute Gasteiger partial charge is 0.249 e. The predicted molar refractivity (Wildman–Crippen MR) is 142 cm³/mol. The van der Waals surface area contributed by atoms with Crippen molar-refractivity contribution in [2.75, 3.05) is 18.7 Å². The van der Waals surface area contributed by atoms with Gasteiger partial charge in [-0.2, -0.15) is 0 Å². The number of ether oxygens (including phenoxy) is 2. The van der Waals surface area contributed by atoms with Crippen LogP contribution in [0.25, 0.3) is 10.9 Å². The Balaban J connectivity index is 1.40. The number of aryl methyl sites for hydroxylation is 1. The Morgan fingerprint density at radius 3 is 2.68 bits per heavy atom. The summed E-state index contributed by atoms with van der Waals surface area (Å²) in [4.78, 5) is 32.9. The van der Waals surface area contributed by atoms with Crippen molar-refractivity contribution in [2.24, 2.45) is 0 Å². The molecule has 2 amide bonds. The summed E-state index contributed by atoms with van der Waals surface area (Å²) in [6.07, 6.45) is 4.12. The molecule has 2 aromatic carbocycles. The van der Waals surface area contributed by atoms with Gasteiger partial charge in [-0.15, -0.1) is 0 Å². The van der Waals surface area contributed by atoms with Crippen molar-refractivity contribution in [3.63, 3.8) is 0 Å². The molecule has 8 heteroatoms. The van der Waals surface area contributed by atoms with Gasteiger partial charge in [0, 0.05) is 49.0 Å². The number of hydrogen-bond acceptors (Lipinski definition) is 5. The highest BCUT2D eigenvalue weighted by atomic mass is 16.7. The Labute approximate surface area is 215 Å². The molecule has 1 aliphatic rings. The van der Waals surface area contributed by atoms with E-state index in [0.29, 0.717) is 23.6 Å². The monoisotopic (exact) mass is 498 g/mol. The molecule has 5 rings (SSSR count). The lowest BCUT2D eigenvalue weighted by Crippen LogP contribution is -2.49. The molecule has 2 aromatic heterocycles. The zero-order valence-electron chi connectivity index (χ0n) is 21.2. The van der Waals surface area contributed by atoms with Crippen molar-refractivity contribution in [3.8, 4) is 11.5 Å². The van der Waals surface area contributed by atoms with Gasteiger partial charge in [-0.3, -0.25) is 14.6 Å². The molecule has 0 unspecified atom stereocenters. The largest absolute Gasteiger partial charge is 0.454 e. The van der Waals surface area contributed by atoms with Crippen LogP contribution >= 0.6 is 0 Å². The molecule has 0 fully saturated rings. The van der Waals surface area contributed by atoms with E-state index in [1.54, 1.807) is 30.3 Å². The summed E-state index contributed by atoms with van der Waals surface area (Å²) >= 11 is 0. The highest BCUT2D eigenvalue weighted by Crippen LogP contribution is 2.35. The summed E-state index contributed by atoms with van der Waals surface area (Å²) in [7, 11) is 1.70. The van der Waals surface area contributed by atoms with Gasteiger partial charge in [-0.05, 0) is 43.2 Å². The molecular formula is C29H30N4O4. The lowest BCUT2D eigenvalue weighted by atomic mass is 10.0. The van der Waals surface area contributed by atoms with Crippen molar-refractivity contribution < 1.29 is 19.1 Å². The fraction of sp³-hybridized carbons (Fsp3) is 0.276. The summed E-state index contributed by atoms with van der Waals surface area (Å²) in [5.41, 5.74) is 4.61. The Morgan fingerprint density at radius 2 is 1.89 bits per heavy atom. The molecule has 3 heterocycles. The fourth-order valence-electron chi connectivity index (χ4n) is 4.94. The lowest BCUT2D eigenvalue weighted by Gasteiger charge is -2.25. The highest BCUT2D eigenvalue weighted by molar-refractivity contribution is 6.00. The van der Waals surface area contributed by atoms with E-state index in [2.05, 4.69) is 21.8 Å². The van der Waals surface area contributed by atoms with Gasteiger partial charge in [0.15, 0.2) is 11.5 Å². The lowest BCUT2D eigenvalue weighted by molar-refractivity contribution is -0.127. The van der Waals surface area contributed by atoms with E-state index in [1.807, 2.05) is 55.6 Å². The third-order valence-corrected chi connectivity index (χ3v) is 6.90. The van der Waals surface area contributed by atoms with Crippen molar-refractivity contribution in [1.29, 1.82) is 0 Å².